The minimum atomic E-state index is -0.370. The Morgan fingerprint density at radius 3 is 1.36 bits per heavy atom. The summed E-state index contributed by atoms with van der Waals surface area (Å²) in [7, 11) is 3.05. The molecule has 0 atom stereocenters. The van der Waals surface area contributed by atoms with Crippen molar-refractivity contribution < 1.29 is 2.74 Å². The topological polar surface area (TPSA) is 147 Å². The molecule has 0 saturated carbocycles. The van der Waals surface area contributed by atoms with Gasteiger partial charge in [0.2, 0.25) is 0 Å². The molecule has 0 amide bonds. The lowest BCUT2D eigenvalue weighted by Gasteiger charge is -1.56. The van der Waals surface area contributed by atoms with Gasteiger partial charge in [-0.05, 0) is 13.4 Å². The van der Waals surface area contributed by atoms with Crippen LogP contribution in [0.25, 0.3) is 0 Å². The van der Waals surface area contributed by atoms with Crippen LogP contribution in [0.3, 0.4) is 0 Å². The lowest BCUT2D eigenvalue weighted by molar-refractivity contribution is 1.07. The summed E-state index contributed by atoms with van der Waals surface area (Å²) in [6.45, 7) is 2.99. The van der Waals surface area contributed by atoms with Crippen LogP contribution in [0.4, 0.5) is 0 Å². The van der Waals surface area contributed by atoms with Crippen molar-refractivity contribution in [3.63, 3.8) is 0 Å². The number of nitrogens with zero attached hydrogens (tertiary/aromatic N) is 2. The van der Waals surface area contributed by atoms with E-state index in [4.69, 9.17) is 2.74 Å². The van der Waals surface area contributed by atoms with Gasteiger partial charge in [0.25, 0.3) is 0 Å². The van der Waals surface area contributed by atoms with Gasteiger partial charge in [-0.15, -0.1) is 0 Å². The minimum absolute atomic E-state index is 0. The van der Waals surface area contributed by atoms with Gasteiger partial charge in [0.05, 0.1) is 2.74 Å². The average molecular weight is 170 g/mol. The third kappa shape index (κ3) is 704. The summed E-state index contributed by atoms with van der Waals surface area (Å²) in [6, 6.07) is 0. The molecule has 6 nitrogen and oxygen atoms in total. The summed E-state index contributed by atoms with van der Waals surface area (Å²) >= 11 is 0. The van der Waals surface area contributed by atoms with E-state index in [2.05, 4.69) is 28.2 Å². The highest BCUT2D eigenvalue weighted by Crippen LogP contribution is 1.22. The van der Waals surface area contributed by atoms with Gasteiger partial charge >= 0.3 is 0 Å². The van der Waals surface area contributed by atoms with Crippen LogP contribution in [-0.4, -0.2) is 34.2 Å². The molecule has 0 rings (SSSR count). The first-order valence-corrected chi connectivity index (χ1v) is 2.25. The zero-order chi connectivity index (χ0) is 9.70. The molecule has 0 saturated heterocycles. The van der Waals surface area contributed by atoms with Crippen LogP contribution < -0.4 is 23.8 Å². The third-order valence-electron chi connectivity index (χ3n) is 0. The average Bonchev–Trinajstić information content (AvgIpc) is 1.91. The Morgan fingerprint density at radius 1 is 1.27 bits per heavy atom. The molecule has 6 heteroatoms. The Hall–Kier alpha value is -0.820. The second-order valence-corrected chi connectivity index (χ2v) is 0.776. The Bertz CT molecular complexity index is 93.0. The molecule has 0 heterocycles. The summed E-state index contributed by atoms with van der Waals surface area (Å²) in [4.78, 5) is 6.39. The van der Waals surface area contributed by atoms with Crippen LogP contribution in [0, 0.1) is 0 Å². The quantitative estimate of drug-likeness (QED) is 0.295. The first-order chi connectivity index (χ1) is 5.10. The molecule has 72 valence electrons. The molecule has 0 radical (unpaired) electrons. The molecular formula is C5H22N6. The van der Waals surface area contributed by atoms with Crippen molar-refractivity contribution in [2.45, 2.75) is 0 Å². The highest BCUT2D eigenvalue weighted by atomic mass is 14.7. The Balaban J connectivity index is -0.0000000240. The van der Waals surface area contributed by atoms with E-state index in [1.807, 2.05) is 0 Å². The maximum Gasteiger partial charge on any atom is 0.0748 e. The van der Waals surface area contributed by atoms with Crippen molar-refractivity contribution >= 4 is 13.4 Å². The number of nitrogens with two attached hydrogens (primary N) is 2. The fraction of sp³-hybridized carbons (Fsp3) is 0.600. The summed E-state index contributed by atoms with van der Waals surface area (Å²) in [5.74, 6) is 0. The fourth-order valence-corrected chi connectivity index (χ4v) is 0. The second-order valence-electron chi connectivity index (χ2n) is 0.776. The van der Waals surface area contributed by atoms with Crippen molar-refractivity contribution in [3.05, 3.63) is 0 Å². The Kier molecular flexibility index (Phi) is 196. The van der Waals surface area contributed by atoms with Crippen molar-refractivity contribution in [2.24, 2.45) is 21.5 Å². The maximum absolute atomic E-state index is 6.24. The first-order valence-electron chi connectivity index (χ1n) is 3.25. The standard InChI is InChI=1S/2C2H5N.CH6N2.2H3N/c2*1-3-2;2-1-3;;/h2*1H2,2H3;1-3H2;2*1H3/i1T2;;;;. The van der Waals surface area contributed by atoms with E-state index in [0.717, 1.165) is 0 Å². The summed E-state index contributed by atoms with van der Waals surface area (Å²) in [6.07, 6.45) is 0. The van der Waals surface area contributed by atoms with Gasteiger partial charge in [-0.3, -0.25) is 0 Å². The van der Waals surface area contributed by atoms with E-state index in [0.29, 0.717) is 0 Å². The van der Waals surface area contributed by atoms with E-state index in [1.165, 1.54) is 7.05 Å². The predicted octanol–water partition coefficient (Wildman–Crippen LogP) is -0.181. The molecule has 0 bridgehead atoms. The molecule has 0 spiro atoms. The first kappa shape index (κ1) is 16.6. The molecular weight excluding hydrogens is 144 g/mol. The van der Waals surface area contributed by atoms with Gasteiger partial charge < -0.3 is 33.8 Å². The zero-order valence-electron chi connectivity index (χ0n) is 9.38. The van der Waals surface area contributed by atoms with Crippen LogP contribution in [0.15, 0.2) is 9.98 Å². The molecule has 0 aromatic heterocycles. The van der Waals surface area contributed by atoms with Gasteiger partial charge in [-0.1, -0.05) is 0 Å². The number of hydrogen-bond donors (Lipinski definition) is 4. The van der Waals surface area contributed by atoms with E-state index < -0.39 is 0 Å². The maximum atomic E-state index is 6.24. The third-order valence-corrected chi connectivity index (χ3v) is 0. The molecule has 0 unspecified atom stereocenters. The Morgan fingerprint density at radius 2 is 1.36 bits per heavy atom. The molecule has 10 N–H and O–H groups in total. The Labute approximate surface area is 71.8 Å². The van der Waals surface area contributed by atoms with Gasteiger partial charge in [0.15, 0.2) is 0 Å². The summed E-state index contributed by atoms with van der Waals surface area (Å²) in [5, 5.41) is 0. The summed E-state index contributed by atoms with van der Waals surface area (Å²) < 4.78 is 12.5. The molecule has 0 aliphatic carbocycles. The number of rotatable bonds is 0. The van der Waals surface area contributed by atoms with E-state index in [9.17, 15) is 0 Å². The van der Waals surface area contributed by atoms with Gasteiger partial charge in [0.1, 0.15) is 0 Å². The normalized spacial score (nSPS) is 6.18. The van der Waals surface area contributed by atoms with E-state index in [-0.39, 0.29) is 25.6 Å². The van der Waals surface area contributed by atoms with Gasteiger partial charge in [-0.25, -0.2) is 0 Å². The van der Waals surface area contributed by atoms with Crippen LogP contribution in [0.2, 0.25) is 0 Å². The predicted molar refractivity (Wildman–Crippen MR) is 54.2 cm³/mol. The van der Waals surface area contributed by atoms with Crippen LogP contribution in [0.1, 0.15) is 2.74 Å². The highest BCUT2D eigenvalue weighted by molar-refractivity contribution is 5.22. The monoisotopic (exact) mass is 170 g/mol. The van der Waals surface area contributed by atoms with Crippen LogP contribution >= 0.6 is 0 Å². The molecule has 0 aliphatic rings. The van der Waals surface area contributed by atoms with Crippen LogP contribution in [0.5, 0.6) is 0 Å². The van der Waals surface area contributed by atoms with E-state index >= 15 is 0 Å². The van der Waals surface area contributed by atoms with Gasteiger partial charge in [-0.2, -0.15) is 0 Å². The molecule has 0 aromatic carbocycles. The minimum Gasteiger partial charge on any atom is -0.344 e. The number of hydrogen-bond acceptors (Lipinski definition) is 6. The fourth-order valence-electron chi connectivity index (χ4n) is 0. The van der Waals surface area contributed by atoms with Crippen molar-refractivity contribution in [1.82, 2.24) is 12.3 Å². The lowest BCUT2D eigenvalue weighted by atomic mass is 11.3. The summed E-state index contributed by atoms with van der Waals surface area (Å²) in [5.41, 5.74) is 9.25. The SMILES string of the molecule is C=NC.N.N.NCN.[3H]C([3H])=NC. The smallest absolute Gasteiger partial charge is 0.0748 e. The zero-order valence-corrected chi connectivity index (χ0v) is 7.38. The number of aliphatic imine (C=N–C) groups is 2. The van der Waals surface area contributed by atoms with Gasteiger partial charge in [0, 0.05) is 20.8 Å². The largest absolute Gasteiger partial charge is 0.344 e. The van der Waals surface area contributed by atoms with Crippen molar-refractivity contribution in [3.8, 4) is 0 Å². The van der Waals surface area contributed by atoms with Crippen LogP contribution in [-0.2, 0) is 0 Å². The lowest BCUT2D eigenvalue weighted by Crippen LogP contribution is -2.08. The highest BCUT2D eigenvalue weighted by Gasteiger charge is 1.29. The molecule has 0 fully saturated rings. The van der Waals surface area contributed by atoms with Crippen molar-refractivity contribution in [2.75, 3.05) is 20.8 Å². The molecule has 11 heavy (non-hydrogen) atoms. The van der Waals surface area contributed by atoms with Crippen molar-refractivity contribution in [1.29, 1.82) is 0 Å². The molecule has 0 aromatic rings. The van der Waals surface area contributed by atoms with E-state index in [1.54, 1.807) is 7.05 Å². The molecule has 0 aliphatic heterocycles. The second kappa shape index (κ2) is 129.